The van der Waals surface area contributed by atoms with Crippen LogP contribution in [0.15, 0.2) is 53.2 Å². The van der Waals surface area contributed by atoms with Crippen molar-refractivity contribution in [3.05, 3.63) is 64.5 Å². The summed E-state index contributed by atoms with van der Waals surface area (Å²) in [6.45, 7) is 2.79. The lowest BCUT2D eigenvalue weighted by atomic mass is 10.1. The Balaban J connectivity index is 1.44. The van der Waals surface area contributed by atoms with Crippen molar-refractivity contribution >= 4 is 28.6 Å². The number of carbonyl (C=O) groups excluding carboxylic acids is 1. The monoisotopic (exact) mass is 383 g/mol. The number of benzene rings is 1. The number of nitrogens with one attached hydrogen (secondary N) is 1. The number of likely N-dealkylation sites (tertiary alicyclic amines) is 1. The number of thiophene rings is 1. The normalized spacial score (nSPS) is 15.8. The smallest absolute Gasteiger partial charge is 0.270 e. The zero-order valence-corrected chi connectivity index (χ0v) is 16.1. The van der Waals surface area contributed by atoms with Crippen molar-refractivity contribution in [1.82, 2.24) is 15.2 Å². The van der Waals surface area contributed by atoms with Gasteiger partial charge < -0.3 is 5.32 Å². The van der Waals surface area contributed by atoms with Gasteiger partial charge in [0.1, 0.15) is 10.7 Å². The second-order valence-electron chi connectivity index (χ2n) is 6.39. The molecule has 0 aliphatic carbocycles. The molecule has 1 aliphatic rings. The average molecular weight is 384 g/mol. The van der Waals surface area contributed by atoms with Crippen molar-refractivity contribution in [3.8, 4) is 9.88 Å². The molecule has 0 saturated carbocycles. The summed E-state index contributed by atoms with van der Waals surface area (Å²) in [5.74, 6) is -0.0933. The standard InChI is InChI=1S/C20H21N3OS2/c24-19(16-14-26-20(22-16)18-9-6-12-25-18)21-13-17(23-10-4-5-11-23)15-7-2-1-3-8-15/h1-3,6-9,12,14,17H,4-5,10-11,13H2,(H,21,24)/t17-/m1/s1. The Morgan fingerprint density at radius 3 is 2.65 bits per heavy atom. The maximum Gasteiger partial charge on any atom is 0.270 e. The van der Waals surface area contributed by atoms with Crippen LogP contribution in [0.1, 0.15) is 34.9 Å². The third-order valence-corrected chi connectivity index (χ3v) is 6.57. The number of hydrogen-bond acceptors (Lipinski definition) is 5. The first kappa shape index (κ1) is 17.4. The van der Waals surface area contributed by atoms with Gasteiger partial charge in [0.05, 0.1) is 10.9 Å². The van der Waals surface area contributed by atoms with E-state index in [1.54, 1.807) is 11.3 Å². The summed E-state index contributed by atoms with van der Waals surface area (Å²) in [5, 5.41) is 7.88. The number of nitrogens with zero attached hydrogens (tertiary/aromatic N) is 2. The van der Waals surface area contributed by atoms with Gasteiger partial charge in [-0.15, -0.1) is 22.7 Å². The maximum absolute atomic E-state index is 12.6. The van der Waals surface area contributed by atoms with Crippen LogP contribution in [0.4, 0.5) is 0 Å². The van der Waals surface area contributed by atoms with E-state index in [1.165, 1.54) is 29.7 Å². The molecule has 4 nitrogen and oxygen atoms in total. The van der Waals surface area contributed by atoms with Crippen LogP contribution in [-0.2, 0) is 0 Å². The molecule has 1 aliphatic heterocycles. The van der Waals surface area contributed by atoms with Crippen LogP contribution in [0.2, 0.25) is 0 Å². The molecule has 0 bridgehead atoms. The SMILES string of the molecule is O=C(NC[C@H](c1ccccc1)N1CCCC1)c1csc(-c2cccs2)n1. The van der Waals surface area contributed by atoms with Gasteiger partial charge in [-0.25, -0.2) is 4.98 Å². The number of thiazole rings is 1. The molecule has 1 atom stereocenters. The first-order valence-corrected chi connectivity index (χ1v) is 10.6. The Bertz CT molecular complexity index is 839. The zero-order chi connectivity index (χ0) is 17.8. The quantitative estimate of drug-likeness (QED) is 0.684. The Morgan fingerprint density at radius 2 is 1.92 bits per heavy atom. The van der Waals surface area contributed by atoms with Gasteiger partial charge in [-0.2, -0.15) is 0 Å². The highest BCUT2D eigenvalue weighted by Crippen LogP contribution is 2.28. The summed E-state index contributed by atoms with van der Waals surface area (Å²) in [6.07, 6.45) is 2.46. The molecule has 4 rings (SSSR count). The molecular weight excluding hydrogens is 362 g/mol. The van der Waals surface area contributed by atoms with Crippen molar-refractivity contribution in [2.24, 2.45) is 0 Å². The summed E-state index contributed by atoms with van der Waals surface area (Å²) in [4.78, 5) is 20.7. The number of aromatic nitrogens is 1. The Kier molecular flexibility index (Phi) is 5.43. The van der Waals surface area contributed by atoms with Gasteiger partial charge >= 0.3 is 0 Å². The second kappa shape index (κ2) is 8.12. The minimum absolute atomic E-state index is 0.0933. The minimum atomic E-state index is -0.0933. The van der Waals surface area contributed by atoms with Gasteiger partial charge in [0.25, 0.3) is 5.91 Å². The summed E-state index contributed by atoms with van der Waals surface area (Å²) in [6, 6.07) is 14.7. The number of rotatable bonds is 6. The lowest BCUT2D eigenvalue weighted by molar-refractivity contribution is 0.0933. The van der Waals surface area contributed by atoms with Crippen LogP contribution in [-0.4, -0.2) is 35.4 Å². The summed E-state index contributed by atoms with van der Waals surface area (Å²) in [5.41, 5.74) is 1.76. The number of amides is 1. The van der Waals surface area contributed by atoms with E-state index in [9.17, 15) is 4.79 Å². The van der Waals surface area contributed by atoms with Crippen LogP contribution >= 0.6 is 22.7 Å². The highest BCUT2D eigenvalue weighted by molar-refractivity contribution is 7.20. The largest absolute Gasteiger partial charge is 0.349 e. The molecule has 1 amide bonds. The predicted octanol–water partition coefficient (Wildman–Crippen LogP) is 4.44. The summed E-state index contributed by atoms with van der Waals surface area (Å²) < 4.78 is 0. The molecule has 26 heavy (non-hydrogen) atoms. The first-order chi connectivity index (χ1) is 12.8. The zero-order valence-electron chi connectivity index (χ0n) is 14.4. The molecule has 6 heteroatoms. The molecule has 1 saturated heterocycles. The fraction of sp³-hybridized carbons (Fsp3) is 0.300. The first-order valence-electron chi connectivity index (χ1n) is 8.88. The van der Waals surface area contributed by atoms with Crippen LogP contribution in [0.25, 0.3) is 9.88 Å². The molecule has 2 aromatic heterocycles. The summed E-state index contributed by atoms with van der Waals surface area (Å²) >= 11 is 3.16. The summed E-state index contributed by atoms with van der Waals surface area (Å²) in [7, 11) is 0. The number of carbonyl (C=O) groups is 1. The predicted molar refractivity (Wildman–Crippen MR) is 108 cm³/mol. The maximum atomic E-state index is 12.6. The third-order valence-electron chi connectivity index (χ3n) is 4.69. The van der Waals surface area contributed by atoms with Crippen LogP contribution < -0.4 is 5.32 Å². The van der Waals surface area contributed by atoms with Crippen molar-refractivity contribution in [1.29, 1.82) is 0 Å². The fourth-order valence-corrected chi connectivity index (χ4v) is 4.97. The van der Waals surface area contributed by atoms with Crippen molar-refractivity contribution in [2.45, 2.75) is 18.9 Å². The van der Waals surface area contributed by atoms with E-state index in [0.717, 1.165) is 23.0 Å². The molecule has 1 fully saturated rings. The lowest BCUT2D eigenvalue weighted by Crippen LogP contribution is -2.36. The Morgan fingerprint density at radius 1 is 1.12 bits per heavy atom. The van der Waals surface area contributed by atoms with Gasteiger partial charge in [-0.1, -0.05) is 36.4 Å². The highest BCUT2D eigenvalue weighted by atomic mass is 32.1. The Labute approximate surface area is 161 Å². The van der Waals surface area contributed by atoms with Crippen molar-refractivity contribution in [3.63, 3.8) is 0 Å². The third kappa shape index (κ3) is 3.87. The van der Waals surface area contributed by atoms with E-state index in [0.29, 0.717) is 12.2 Å². The van der Waals surface area contributed by atoms with Crippen molar-refractivity contribution in [2.75, 3.05) is 19.6 Å². The molecule has 0 unspecified atom stereocenters. The molecule has 3 aromatic rings. The molecular formula is C20H21N3OS2. The fourth-order valence-electron chi connectivity index (χ4n) is 3.36. The molecule has 0 spiro atoms. The topological polar surface area (TPSA) is 45.2 Å². The highest BCUT2D eigenvalue weighted by Gasteiger charge is 2.24. The average Bonchev–Trinajstić information content (AvgIpc) is 3.43. The molecule has 134 valence electrons. The van der Waals surface area contributed by atoms with Gasteiger partial charge in [0, 0.05) is 11.9 Å². The van der Waals surface area contributed by atoms with Gasteiger partial charge in [0.2, 0.25) is 0 Å². The van der Waals surface area contributed by atoms with E-state index in [2.05, 4.69) is 39.5 Å². The van der Waals surface area contributed by atoms with Crippen molar-refractivity contribution < 1.29 is 4.79 Å². The van der Waals surface area contributed by atoms with E-state index < -0.39 is 0 Å². The number of hydrogen-bond donors (Lipinski definition) is 1. The molecule has 0 radical (unpaired) electrons. The van der Waals surface area contributed by atoms with E-state index in [1.807, 2.05) is 29.0 Å². The van der Waals surface area contributed by atoms with E-state index in [-0.39, 0.29) is 11.9 Å². The van der Waals surface area contributed by atoms with E-state index in [4.69, 9.17) is 0 Å². The minimum Gasteiger partial charge on any atom is -0.349 e. The van der Waals surface area contributed by atoms with Crippen LogP contribution in [0.3, 0.4) is 0 Å². The Hall–Kier alpha value is -2.02. The lowest BCUT2D eigenvalue weighted by Gasteiger charge is -2.28. The van der Waals surface area contributed by atoms with E-state index >= 15 is 0 Å². The van der Waals surface area contributed by atoms with Gasteiger partial charge in [-0.3, -0.25) is 9.69 Å². The van der Waals surface area contributed by atoms with Crippen LogP contribution in [0.5, 0.6) is 0 Å². The van der Waals surface area contributed by atoms with Crippen LogP contribution in [0, 0.1) is 0 Å². The second-order valence-corrected chi connectivity index (χ2v) is 8.20. The van der Waals surface area contributed by atoms with Gasteiger partial charge in [-0.05, 0) is 42.9 Å². The van der Waals surface area contributed by atoms with Gasteiger partial charge in [0.15, 0.2) is 0 Å². The molecule has 1 aromatic carbocycles. The molecule has 3 heterocycles. The molecule has 1 N–H and O–H groups in total.